The van der Waals surface area contributed by atoms with Crippen LogP contribution in [-0.2, 0) is 0 Å². The van der Waals surface area contributed by atoms with E-state index < -0.39 is 24.1 Å². The first-order valence-corrected chi connectivity index (χ1v) is 10.4. The third-order valence-corrected chi connectivity index (χ3v) is 7.70. The Morgan fingerprint density at radius 3 is 2.52 bits per heavy atom. The van der Waals surface area contributed by atoms with E-state index in [1.807, 2.05) is 0 Å². The number of halogens is 5. The quantitative estimate of drug-likeness (QED) is 0.232. The van der Waals surface area contributed by atoms with Crippen LogP contribution < -0.4 is 10.4 Å². The smallest absolute Gasteiger partial charge is 0.271 e. The molecule has 0 fully saturated rings. The molecule has 0 aliphatic carbocycles. The van der Waals surface area contributed by atoms with Gasteiger partial charge in [0.05, 0.1) is 4.92 Å². The van der Waals surface area contributed by atoms with E-state index in [2.05, 4.69) is 15.9 Å². The van der Waals surface area contributed by atoms with Crippen LogP contribution in [0, 0.1) is 15.9 Å². The molecule has 0 amide bonds. The largest absolute Gasteiger partial charge is 0.276 e. The summed E-state index contributed by atoms with van der Waals surface area (Å²) in [5.74, 6) is -0.582. The van der Waals surface area contributed by atoms with Gasteiger partial charge in [-0.1, -0.05) is 27.5 Å². The summed E-state index contributed by atoms with van der Waals surface area (Å²) in [5, 5.41) is 10.8. The molecule has 0 N–H and O–H groups in total. The van der Waals surface area contributed by atoms with Crippen LogP contribution in [0.5, 0.6) is 0 Å². The summed E-state index contributed by atoms with van der Waals surface area (Å²) in [6.07, 6.45) is 0. The van der Waals surface area contributed by atoms with E-state index in [-0.39, 0.29) is 26.6 Å². The van der Waals surface area contributed by atoms with E-state index in [1.165, 1.54) is 18.2 Å². The summed E-state index contributed by atoms with van der Waals surface area (Å²) in [4.78, 5) is 22.3. The van der Waals surface area contributed by atoms with E-state index in [1.54, 1.807) is 0 Å². The number of nitrogens with zero attached hydrogens (tertiary/aromatic N) is 1. The molecule has 0 aromatic heterocycles. The normalized spacial score (nSPS) is 12.0. The first-order valence-electron chi connectivity index (χ1n) is 5.99. The van der Waals surface area contributed by atoms with Gasteiger partial charge in [-0.2, -0.15) is 11.1 Å². The summed E-state index contributed by atoms with van der Waals surface area (Å²) in [5.41, 5.74) is -0.463. The van der Waals surface area contributed by atoms with Crippen molar-refractivity contribution in [3.63, 3.8) is 0 Å². The highest BCUT2D eigenvalue weighted by molar-refractivity contribution is 9.10. The van der Waals surface area contributed by atoms with E-state index in [9.17, 15) is 19.3 Å². The van der Waals surface area contributed by atoms with Crippen molar-refractivity contribution in [2.24, 2.45) is 0 Å². The molecule has 2 aromatic rings. The zero-order chi connectivity index (χ0) is 17.3. The number of rotatable bonds is 4. The maximum absolute atomic E-state index is 13.5. The monoisotopic (exact) mass is 455 g/mol. The van der Waals surface area contributed by atoms with Crippen LogP contribution in [0.15, 0.2) is 34.8 Å². The zero-order valence-electron chi connectivity index (χ0n) is 11.0. The van der Waals surface area contributed by atoms with Crippen molar-refractivity contribution < 1.29 is 14.1 Å². The molecule has 0 heterocycles. The number of benzene rings is 2. The number of nitro benzene ring substituents is 1. The van der Waals surface area contributed by atoms with Crippen LogP contribution in [0.1, 0.15) is 10.4 Å². The second kappa shape index (κ2) is 7.27. The molecule has 0 radical (unpaired) electrons. The van der Waals surface area contributed by atoms with Crippen molar-refractivity contribution in [1.29, 1.82) is 0 Å². The van der Waals surface area contributed by atoms with Crippen molar-refractivity contribution in [2.75, 3.05) is 0 Å². The molecule has 10 heteroatoms. The molecule has 1 atom stereocenters. The van der Waals surface area contributed by atoms with Crippen LogP contribution >= 0.6 is 50.2 Å². The predicted octanol–water partition coefficient (Wildman–Crippen LogP) is 3.61. The molecule has 0 saturated heterocycles. The zero-order valence-corrected chi connectivity index (χ0v) is 16.0. The van der Waals surface area contributed by atoms with Gasteiger partial charge < -0.3 is 0 Å². The number of hydrogen-bond acceptors (Lipinski definition) is 3. The second-order valence-electron chi connectivity index (χ2n) is 4.45. The van der Waals surface area contributed by atoms with Gasteiger partial charge in [0, 0.05) is 26.3 Å². The van der Waals surface area contributed by atoms with Crippen LogP contribution in [0.4, 0.5) is 10.1 Å². The van der Waals surface area contributed by atoms with Gasteiger partial charge in [-0.05, 0) is 41.1 Å². The van der Waals surface area contributed by atoms with Gasteiger partial charge in [0.25, 0.3) is 10.9 Å². The molecule has 0 aliphatic rings. The third kappa shape index (κ3) is 3.92. The molecule has 23 heavy (non-hydrogen) atoms. The Kier molecular flexibility index (Phi) is 5.80. The lowest BCUT2D eigenvalue weighted by Gasteiger charge is -2.14. The summed E-state index contributed by atoms with van der Waals surface area (Å²) in [6, 6.07) is 6.12. The average molecular weight is 458 g/mol. The van der Waals surface area contributed by atoms with Gasteiger partial charge in [-0.15, -0.1) is 0 Å². The molecule has 2 rings (SSSR count). The first kappa shape index (κ1) is 18.3. The number of carbonyl (C=O) groups is 1. The number of carbonyl (C=O) groups excluding carboxylic acids is 1. The average Bonchev–Trinajstić information content (AvgIpc) is 2.48. The summed E-state index contributed by atoms with van der Waals surface area (Å²) in [7, 11) is -2.87. The van der Waals surface area contributed by atoms with E-state index in [4.69, 9.17) is 34.3 Å². The summed E-state index contributed by atoms with van der Waals surface area (Å²) in [6.45, 7) is 0. The second-order valence-corrected chi connectivity index (χ2v) is 9.35. The third-order valence-electron chi connectivity index (χ3n) is 3.02. The fourth-order valence-corrected chi connectivity index (χ4v) is 6.47. The van der Waals surface area contributed by atoms with Gasteiger partial charge in [0.15, 0.2) is 0 Å². The topological polar surface area (TPSA) is 60.2 Å². The minimum Gasteiger partial charge on any atom is -0.276 e. The van der Waals surface area contributed by atoms with Gasteiger partial charge in [0.2, 0.25) is 8.11 Å². The fraction of sp³-hybridized carbons (Fsp3) is 0. The van der Waals surface area contributed by atoms with Crippen molar-refractivity contribution >= 4 is 79.6 Å². The highest BCUT2D eigenvalue weighted by atomic mass is 79.9. The lowest BCUT2D eigenvalue weighted by molar-refractivity contribution is -0.383. The molecule has 0 bridgehead atoms. The fourth-order valence-electron chi connectivity index (χ4n) is 2.05. The van der Waals surface area contributed by atoms with Gasteiger partial charge >= 0.3 is 0 Å². The number of nitro groups is 1. The molecule has 120 valence electrons. The van der Waals surface area contributed by atoms with E-state index >= 15 is 0 Å². The van der Waals surface area contributed by atoms with Gasteiger partial charge in [-0.25, -0.2) is 4.39 Å². The Labute approximate surface area is 154 Å². The molecule has 0 spiro atoms. The first-order chi connectivity index (χ1) is 10.7. The standard InChI is InChI=1S/C13H6BrCl3FNO3Si/c14-6-3-8(13(16)20)12(10(4-6)19(21)22)23(17)11-5-7(18)1-2-9(11)15/h1-5,23H. The summed E-state index contributed by atoms with van der Waals surface area (Å²) >= 11 is 21.1. The minimum absolute atomic E-state index is 0.00707. The minimum atomic E-state index is -2.87. The van der Waals surface area contributed by atoms with Gasteiger partial charge in [-0.3, -0.25) is 14.9 Å². The van der Waals surface area contributed by atoms with Gasteiger partial charge in [0.1, 0.15) is 5.82 Å². The Bertz CT molecular complexity index is 786. The Morgan fingerprint density at radius 2 is 1.96 bits per heavy atom. The molecule has 2 aromatic carbocycles. The Morgan fingerprint density at radius 1 is 1.30 bits per heavy atom. The highest BCUT2D eigenvalue weighted by Gasteiger charge is 2.31. The molecule has 4 nitrogen and oxygen atoms in total. The van der Waals surface area contributed by atoms with Crippen molar-refractivity contribution in [3.05, 3.63) is 61.3 Å². The lowest BCUT2D eigenvalue weighted by Crippen LogP contribution is -2.42. The molecule has 1 unspecified atom stereocenters. The van der Waals surface area contributed by atoms with Crippen LogP contribution in [-0.4, -0.2) is 18.3 Å². The molecule has 0 saturated carbocycles. The van der Waals surface area contributed by atoms with Crippen LogP contribution in [0.3, 0.4) is 0 Å². The van der Waals surface area contributed by atoms with Crippen molar-refractivity contribution in [3.8, 4) is 0 Å². The predicted molar refractivity (Wildman–Crippen MR) is 94.7 cm³/mol. The maximum atomic E-state index is 13.5. The molecule has 0 aliphatic heterocycles. The number of hydrogen-bond donors (Lipinski definition) is 0. The van der Waals surface area contributed by atoms with E-state index in [0.717, 1.165) is 12.1 Å². The maximum Gasteiger partial charge on any atom is 0.271 e. The summed E-state index contributed by atoms with van der Waals surface area (Å²) < 4.78 is 13.8. The van der Waals surface area contributed by atoms with Crippen LogP contribution in [0.2, 0.25) is 5.02 Å². The molecular weight excluding hydrogens is 451 g/mol. The highest BCUT2D eigenvalue weighted by Crippen LogP contribution is 2.23. The van der Waals surface area contributed by atoms with Crippen LogP contribution in [0.25, 0.3) is 0 Å². The Balaban J connectivity index is 2.77. The Hall–Kier alpha value is -0.993. The SMILES string of the molecule is O=C(Cl)c1cc(Br)cc([N+](=O)[O-])c1[SiH](Cl)c1cc(F)ccc1Cl. The van der Waals surface area contributed by atoms with Crippen molar-refractivity contribution in [2.45, 2.75) is 0 Å². The van der Waals surface area contributed by atoms with Crippen molar-refractivity contribution in [1.82, 2.24) is 0 Å². The lowest BCUT2D eigenvalue weighted by atomic mass is 10.2. The van der Waals surface area contributed by atoms with E-state index in [0.29, 0.717) is 4.47 Å². The molecular formula is C13H6BrCl3FNO3Si.